The zero-order valence-corrected chi connectivity index (χ0v) is 19.2. The van der Waals surface area contributed by atoms with Crippen LogP contribution in [0.25, 0.3) is 22.3 Å². The number of aryl methyl sites for hydroxylation is 1. The molecule has 8 heteroatoms. The van der Waals surface area contributed by atoms with Crippen molar-refractivity contribution in [2.45, 2.75) is 33.2 Å². The molecule has 3 aromatic heterocycles. The zero-order valence-electron chi connectivity index (χ0n) is 19.2. The summed E-state index contributed by atoms with van der Waals surface area (Å²) in [6.45, 7) is 6.13. The number of amides is 1. The summed E-state index contributed by atoms with van der Waals surface area (Å²) in [7, 11) is 1.85. The second-order valence-corrected chi connectivity index (χ2v) is 8.16. The number of nitrogens with zero attached hydrogens (tertiary/aromatic N) is 5. The van der Waals surface area contributed by atoms with Gasteiger partial charge in [-0.05, 0) is 53.8 Å². The molecular formula is C25H27N7O. The van der Waals surface area contributed by atoms with Crippen LogP contribution in [-0.2, 0) is 11.3 Å². The minimum atomic E-state index is -0.183. The van der Waals surface area contributed by atoms with Gasteiger partial charge in [0.2, 0.25) is 5.91 Å². The monoisotopic (exact) mass is 441 g/mol. The van der Waals surface area contributed by atoms with Crippen LogP contribution in [0.4, 0.5) is 11.5 Å². The summed E-state index contributed by atoms with van der Waals surface area (Å²) in [5.41, 5.74) is 6.50. The third-order valence-corrected chi connectivity index (χ3v) is 5.35. The number of hydrogen-bond acceptors (Lipinski definition) is 6. The highest BCUT2D eigenvalue weighted by Crippen LogP contribution is 2.30. The molecule has 0 aliphatic rings. The first-order valence-electron chi connectivity index (χ1n) is 10.8. The summed E-state index contributed by atoms with van der Waals surface area (Å²) in [6, 6.07) is 14.2. The Morgan fingerprint density at radius 1 is 1.06 bits per heavy atom. The van der Waals surface area contributed by atoms with E-state index in [1.54, 1.807) is 23.3 Å². The fraction of sp³-hybridized carbons (Fsp3) is 0.240. The topological polar surface area (TPSA) is 97.6 Å². The summed E-state index contributed by atoms with van der Waals surface area (Å²) >= 11 is 0. The minimum absolute atomic E-state index is 0.0915. The Morgan fingerprint density at radius 3 is 2.61 bits per heavy atom. The lowest BCUT2D eigenvalue weighted by Gasteiger charge is -2.11. The highest BCUT2D eigenvalue weighted by atomic mass is 16.2. The Labute approximate surface area is 193 Å². The average molecular weight is 442 g/mol. The van der Waals surface area contributed by atoms with E-state index < -0.39 is 0 Å². The van der Waals surface area contributed by atoms with E-state index in [0.29, 0.717) is 5.69 Å². The van der Waals surface area contributed by atoms with Gasteiger partial charge >= 0.3 is 0 Å². The van der Waals surface area contributed by atoms with Crippen molar-refractivity contribution in [1.82, 2.24) is 25.0 Å². The van der Waals surface area contributed by atoms with Crippen LogP contribution in [0, 0.1) is 6.92 Å². The quantitative estimate of drug-likeness (QED) is 0.438. The maximum atomic E-state index is 12.6. The molecule has 0 saturated heterocycles. The van der Waals surface area contributed by atoms with E-state index in [9.17, 15) is 4.79 Å². The normalized spacial score (nSPS) is 10.9. The fourth-order valence-corrected chi connectivity index (χ4v) is 3.51. The molecule has 3 heterocycles. The van der Waals surface area contributed by atoms with Gasteiger partial charge in [0.25, 0.3) is 0 Å². The van der Waals surface area contributed by atoms with Gasteiger partial charge in [0.15, 0.2) is 0 Å². The summed E-state index contributed by atoms with van der Waals surface area (Å²) in [5.74, 6) is 0.892. The van der Waals surface area contributed by atoms with Crippen LogP contribution < -0.4 is 10.6 Å². The van der Waals surface area contributed by atoms with Crippen molar-refractivity contribution >= 4 is 17.4 Å². The highest BCUT2D eigenvalue weighted by Gasteiger charge is 2.11. The van der Waals surface area contributed by atoms with Crippen LogP contribution in [0.1, 0.15) is 31.2 Å². The Kier molecular flexibility index (Phi) is 6.44. The minimum Gasteiger partial charge on any atom is -0.373 e. The van der Waals surface area contributed by atoms with Gasteiger partial charge in [-0.1, -0.05) is 37.3 Å². The third-order valence-electron chi connectivity index (χ3n) is 5.35. The molecule has 0 unspecified atom stereocenters. The lowest BCUT2D eigenvalue weighted by molar-refractivity contribution is -0.116. The molecule has 168 valence electrons. The van der Waals surface area contributed by atoms with E-state index in [-0.39, 0.29) is 18.4 Å². The van der Waals surface area contributed by atoms with Crippen molar-refractivity contribution < 1.29 is 4.79 Å². The van der Waals surface area contributed by atoms with Crippen molar-refractivity contribution in [1.29, 1.82) is 0 Å². The van der Waals surface area contributed by atoms with Gasteiger partial charge in [0, 0.05) is 30.7 Å². The molecule has 4 aromatic rings. The number of carbonyl (C=O) groups excluding carboxylic acids is 1. The molecule has 0 fully saturated rings. The molecule has 0 radical (unpaired) electrons. The maximum absolute atomic E-state index is 12.6. The van der Waals surface area contributed by atoms with Crippen LogP contribution in [0.15, 0.2) is 61.1 Å². The predicted molar refractivity (Wildman–Crippen MR) is 130 cm³/mol. The van der Waals surface area contributed by atoms with Crippen LogP contribution >= 0.6 is 0 Å². The lowest BCUT2D eigenvalue weighted by atomic mass is 9.98. The number of aromatic nitrogens is 5. The second-order valence-electron chi connectivity index (χ2n) is 8.16. The summed E-state index contributed by atoms with van der Waals surface area (Å²) < 4.78 is 1.55. The van der Waals surface area contributed by atoms with Crippen molar-refractivity contribution in [2.24, 2.45) is 0 Å². The molecule has 1 amide bonds. The van der Waals surface area contributed by atoms with Gasteiger partial charge in [0.05, 0.1) is 17.6 Å². The first-order valence-corrected chi connectivity index (χ1v) is 10.8. The van der Waals surface area contributed by atoms with E-state index in [0.717, 1.165) is 39.5 Å². The molecule has 0 aliphatic carbocycles. The van der Waals surface area contributed by atoms with Gasteiger partial charge in [0.1, 0.15) is 12.4 Å². The molecule has 33 heavy (non-hydrogen) atoms. The van der Waals surface area contributed by atoms with Crippen LogP contribution in [0.2, 0.25) is 0 Å². The molecule has 0 atom stereocenters. The summed E-state index contributed by atoms with van der Waals surface area (Å²) in [4.78, 5) is 21.3. The van der Waals surface area contributed by atoms with Crippen molar-refractivity contribution in [3.63, 3.8) is 0 Å². The number of benzene rings is 1. The number of carbonyl (C=O) groups is 1. The number of anilines is 2. The van der Waals surface area contributed by atoms with Gasteiger partial charge in [-0.2, -0.15) is 0 Å². The smallest absolute Gasteiger partial charge is 0.246 e. The largest absolute Gasteiger partial charge is 0.373 e. The van der Waals surface area contributed by atoms with E-state index in [1.807, 2.05) is 58.2 Å². The summed E-state index contributed by atoms with van der Waals surface area (Å²) in [5, 5.41) is 14.1. The molecule has 2 N–H and O–H groups in total. The van der Waals surface area contributed by atoms with Crippen LogP contribution in [-0.4, -0.2) is 37.9 Å². The molecule has 0 saturated carbocycles. The Balaban J connectivity index is 1.55. The molecule has 0 bridgehead atoms. The average Bonchev–Trinajstić information content (AvgIpc) is 3.29. The van der Waals surface area contributed by atoms with Crippen molar-refractivity contribution in [3.8, 4) is 22.3 Å². The number of nitrogens with one attached hydrogen (secondary N) is 2. The number of rotatable bonds is 7. The molecule has 0 spiro atoms. The van der Waals surface area contributed by atoms with Crippen LogP contribution in [0.5, 0.6) is 0 Å². The van der Waals surface area contributed by atoms with E-state index in [1.165, 1.54) is 0 Å². The van der Waals surface area contributed by atoms with Crippen LogP contribution in [0.3, 0.4) is 0 Å². The lowest BCUT2D eigenvalue weighted by Crippen LogP contribution is -2.19. The fourth-order valence-electron chi connectivity index (χ4n) is 3.51. The SMILES string of the molecule is CNc1cc(-c2cccc(-c3cc(NC(=O)Cn4cc(C(C)C)nn4)cnc3C)c2)ccn1. The van der Waals surface area contributed by atoms with Crippen molar-refractivity contribution in [3.05, 3.63) is 72.4 Å². The van der Waals surface area contributed by atoms with Gasteiger partial charge in [-0.3, -0.25) is 9.78 Å². The number of hydrogen-bond donors (Lipinski definition) is 2. The molecule has 8 nitrogen and oxygen atoms in total. The molecule has 1 aromatic carbocycles. The maximum Gasteiger partial charge on any atom is 0.246 e. The zero-order chi connectivity index (χ0) is 23.4. The molecule has 4 rings (SSSR count). The third kappa shape index (κ3) is 5.23. The van der Waals surface area contributed by atoms with Gasteiger partial charge < -0.3 is 10.6 Å². The van der Waals surface area contributed by atoms with E-state index >= 15 is 0 Å². The first-order chi connectivity index (χ1) is 15.9. The van der Waals surface area contributed by atoms with Crippen molar-refractivity contribution in [2.75, 3.05) is 17.7 Å². The predicted octanol–water partition coefficient (Wildman–Crippen LogP) is 4.51. The van der Waals surface area contributed by atoms with E-state index in [4.69, 9.17) is 0 Å². The molecule has 0 aliphatic heterocycles. The summed E-state index contributed by atoms with van der Waals surface area (Å²) in [6.07, 6.45) is 5.26. The Morgan fingerprint density at radius 2 is 1.85 bits per heavy atom. The van der Waals surface area contributed by atoms with E-state index in [2.05, 4.69) is 43.0 Å². The highest BCUT2D eigenvalue weighted by molar-refractivity contribution is 5.91. The Hall–Kier alpha value is -4.07. The number of pyridine rings is 2. The molecular weight excluding hydrogens is 414 g/mol. The van der Waals surface area contributed by atoms with Gasteiger partial charge in [-0.15, -0.1) is 5.10 Å². The second kappa shape index (κ2) is 9.60. The van der Waals surface area contributed by atoms with Gasteiger partial charge in [-0.25, -0.2) is 9.67 Å². The first kappa shape index (κ1) is 22.1. The Bertz CT molecular complexity index is 1280. The standard InChI is InChI=1S/C25H27N7O/c1-16(2)23-14-32(31-30-23)15-25(33)29-21-12-22(17(3)28-13-21)20-7-5-6-18(10-20)19-8-9-27-24(11-19)26-4/h5-14,16H,15H2,1-4H3,(H,26,27)(H,29,33).